The summed E-state index contributed by atoms with van der Waals surface area (Å²) in [6.45, 7) is 0.482. The van der Waals surface area contributed by atoms with Crippen LogP contribution >= 0.6 is 0 Å². The van der Waals surface area contributed by atoms with Gasteiger partial charge in [-0.1, -0.05) is 6.07 Å². The van der Waals surface area contributed by atoms with Crippen molar-refractivity contribution in [1.29, 1.82) is 0 Å². The Morgan fingerprint density at radius 2 is 2.00 bits per heavy atom. The van der Waals surface area contributed by atoms with Gasteiger partial charge in [-0.3, -0.25) is 14.8 Å². The number of methoxy groups -OCH3 is 1. The molecule has 6 heteroatoms. The van der Waals surface area contributed by atoms with Gasteiger partial charge in [-0.2, -0.15) is 0 Å². The zero-order valence-corrected chi connectivity index (χ0v) is 12.6. The fraction of sp³-hybridized carbons (Fsp3) is 0.118. The van der Waals surface area contributed by atoms with E-state index in [0.29, 0.717) is 18.2 Å². The van der Waals surface area contributed by atoms with Crippen LogP contribution in [-0.4, -0.2) is 22.1 Å². The van der Waals surface area contributed by atoms with Crippen molar-refractivity contribution in [3.63, 3.8) is 0 Å². The molecule has 0 spiro atoms. The Hall–Kier alpha value is -3.15. The molecule has 3 aromatic rings. The Labute approximate surface area is 133 Å². The highest BCUT2D eigenvalue weighted by Gasteiger charge is 2.05. The van der Waals surface area contributed by atoms with Crippen molar-refractivity contribution >= 4 is 5.95 Å². The Balaban J connectivity index is 1.82. The maximum atomic E-state index is 11.8. The van der Waals surface area contributed by atoms with E-state index in [1.807, 2.05) is 42.5 Å². The van der Waals surface area contributed by atoms with E-state index < -0.39 is 0 Å². The third kappa shape index (κ3) is 3.74. The van der Waals surface area contributed by atoms with E-state index in [2.05, 4.69) is 20.3 Å². The van der Waals surface area contributed by atoms with Crippen LogP contribution in [0.3, 0.4) is 0 Å². The van der Waals surface area contributed by atoms with E-state index >= 15 is 0 Å². The minimum absolute atomic E-state index is 0.214. The molecule has 0 saturated heterocycles. The summed E-state index contributed by atoms with van der Waals surface area (Å²) < 4.78 is 5.13. The van der Waals surface area contributed by atoms with Crippen molar-refractivity contribution in [2.24, 2.45) is 0 Å². The first-order valence-electron chi connectivity index (χ1n) is 7.14. The zero-order valence-electron chi connectivity index (χ0n) is 12.6. The van der Waals surface area contributed by atoms with Crippen molar-refractivity contribution in [2.45, 2.75) is 6.54 Å². The summed E-state index contributed by atoms with van der Waals surface area (Å²) in [6.07, 6.45) is 1.72. The van der Waals surface area contributed by atoms with Crippen molar-refractivity contribution in [3.05, 3.63) is 70.8 Å². The Bertz CT molecular complexity index is 829. The summed E-state index contributed by atoms with van der Waals surface area (Å²) in [6, 6.07) is 14.5. The average Bonchev–Trinajstić information content (AvgIpc) is 2.60. The van der Waals surface area contributed by atoms with Crippen LogP contribution in [0, 0.1) is 0 Å². The summed E-state index contributed by atoms with van der Waals surface area (Å²) in [5.41, 5.74) is 2.09. The first-order valence-corrected chi connectivity index (χ1v) is 7.14. The van der Waals surface area contributed by atoms with E-state index in [9.17, 15) is 4.79 Å². The zero-order chi connectivity index (χ0) is 16.1. The molecule has 0 aliphatic rings. The smallest absolute Gasteiger partial charge is 0.252 e. The molecule has 116 valence electrons. The van der Waals surface area contributed by atoms with Crippen LogP contribution < -0.4 is 15.6 Å². The second-order valence-electron chi connectivity index (χ2n) is 4.88. The van der Waals surface area contributed by atoms with Crippen LogP contribution in [-0.2, 0) is 6.54 Å². The topological polar surface area (TPSA) is 79.9 Å². The molecule has 1 aromatic carbocycles. The molecule has 2 N–H and O–H groups in total. The normalized spacial score (nSPS) is 10.3. The monoisotopic (exact) mass is 308 g/mol. The van der Waals surface area contributed by atoms with E-state index in [1.54, 1.807) is 13.3 Å². The van der Waals surface area contributed by atoms with Crippen LogP contribution in [0.5, 0.6) is 5.75 Å². The molecule has 0 atom stereocenters. The predicted octanol–water partition coefficient (Wildman–Crippen LogP) is 2.45. The number of aromatic amines is 1. The molecule has 0 amide bonds. The van der Waals surface area contributed by atoms with E-state index in [1.165, 1.54) is 6.07 Å². The van der Waals surface area contributed by atoms with Gasteiger partial charge in [0.25, 0.3) is 5.56 Å². The van der Waals surface area contributed by atoms with Crippen LogP contribution in [0.2, 0.25) is 0 Å². The third-order valence-corrected chi connectivity index (χ3v) is 3.29. The second-order valence-corrected chi connectivity index (χ2v) is 4.88. The maximum Gasteiger partial charge on any atom is 0.252 e. The highest BCUT2D eigenvalue weighted by molar-refractivity contribution is 5.60. The quantitative estimate of drug-likeness (QED) is 0.757. The Morgan fingerprint density at radius 3 is 2.70 bits per heavy atom. The summed E-state index contributed by atoms with van der Waals surface area (Å²) in [5, 5.41) is 3.08. The minimum Gasteiger partial charge on any atom is -0.497 e. The number of benzene rings is 1. The van der Waals surface area contributed by atoms with Gasteiger partial charge in [0.05, 0.1) is 25.0 Å². The third-order valence-electron chi connectivity index (χ3n) is 3.29. The van der Waals surface area contributed by atoms with Gasteiger partial charge in [0.1, 0.15) is 5.75 Å². The molecule has 3 rings (SSSR count). The summed E-state index contributed by atoms with van der Waals surface area (Å²) >= 11 is 0. The standard InChI is InChI=1S/C17H16N4O2/c1-23-14-7-5-12(6-8-14)15-10-16(22)21-17(20-15)19-11-13-4-2-3-9-18-13/h2-10H,11H2,1H3,(H2,19,20,21,22). The number of ether oxygens (including phenoxy) is 1. The lowest BCUT2D eigenvalue weighted by Crippen LogP contribution is -2.13. The number of aromatic nitrogens is 3. The largest absolute Gasteiger partial charge is 0.497 e. The lowest BCUT2D eigenvalue weighted by Gasteiger charge is -2.07. The number of nitrogens with zero attached hydrogens (tertiary/aromatic N) is 2. The number of H-pyrrole nitrogens is 1. The van der Waals surface area contributed by atoms with Crippen molar-refractivity contribution < 1.29 is 4.74 Å². The molecule has 0 saturated carbocycles. The molecular weight excluding hydrogens is 292 g/mol. The molecule has 0 fully saturated rings. The van der Waals surface area contributed by atoms with Crippen molar-refractivity contribution in [3.8, 4) is 17.0 Å². The predicted molar refractivity (Wildman–Crippen MR) is 88.4 cm³/mol. The molecule has 23 heavy (non-hydrogen) atoms. The lowest BCUT2D eigenvalue weighted by molar-refractivity contribution is 0.415. The molecular formula is C17H16N4O2. The van der Waals surface area contributed by atoms with Gasteiger partial charge in [-0.25, -0.2) is 4.98 Å². The number of hydrogen-bond donors (Lipinski definition) is 2. The summed E-state index contributed by atoms with van der Waals surface area (Å²) in [5.74, 6) is 1.17. The van der Waals surface area contributed by atoms with E-state index in [-0.39, 0.29) is 5.56 Å². The number of hydrogen-bond acceptors (Lipinski definition) is 5. The van der Waals surface area contributed by atoms with Gasteiger partial charge in [-0.15, -0.1) is 0 Å². The summed E-state index contributed by atoms with van der Waals surface area (Å²) in [4.78, 5) is 23.2. The Morgan fingerprint density at radius 1 is 1.17 bits per heavy atom. The molecule has 0 unspecified atom stereocenters. The number of anilines is 1. The van der Waals surface area contributed by atoms with E-state index in [0.717, 1.165) is 17.0 Å². The molecule has 0 aliphatic carbocycles. The van der Waals surface area contributed by atoms with Crippen LogP contribution in [0.4, 0.5) is 5.95 Å². The molecule has 0 aliphatic heterocycles. The highest BCUT2D eigenvalue weighted by Crippen LogP contribution is 2.20. The van der Waals surface area contributed by atoms with Crippen molar-refractivity contribution in [1.82, 2.24) is 15.0 Å². The minimum atomic E-state index is -0.214. The Kier molecular flexibility index (Phi) is 4.33. The molecule has 0 radical (unpaired) electrons. The molecule has 0 bridgehead atoms. The van der Waals surface area contributed by atoms with Crippen LogP contribution in [0.25, 0.3) is 11.3 Å². The highest BCUT2D eigenvalue weighted by atomic mass is 16.5. The van der Waals surface area contributed by atoms with Gasteiger partial charge < -0.3 is 10.1 Å². The first-order chi connectivity index (χ1) is 11.2. The van der Waals surface area contributed by atoms with E-state index in [4.69, 9.17) is 4.74 Å². The van der Waals surface area contributed by atoms with Gasteiger partial charge in [0.15, 0.2) is 0 Å². The fourth-order valence-corrected chi connectivity index (χ4v) is 2.13. The second kappa shape index (κ2) is 6.74. The molecule has 6 nitrogen and oxygen atoms in total. The molecule has 2 heterocycles. The van der Waals surface area contributed by atoms with Gasteiger partial charge in [-0.05, 0) is 36.4 Å². The first kappa shape index (κ1) is 14.8. The van der Waals surface area contributed by atoms with Gasteiger partial charge >= 0.3 is 0 Å². The van der Waals surface area contributed by atoms with Crippen LogP contribution in [0.1, 0.15) is 5.69 Å². The molecule has 2 aromatic heterocycles. The number of rotatable bonds is 5. The van der Waals surface area contributed by atoms with Crippen molar-refractivity contribution in [2.75, 3.05) is 12.4 Å². The van der Waals surface area contributed by atoms with Gasteiger partial charge in [0.2, 0.25) is 5.95 Å². The van der Waals surface area contributed by atoms with Crippen LogP contribution in [0.15, 0.2) is 59.5 Å². The maximum absolute atomic E-state index is 11.8. The number of nitrogens with one attached hydrogen (secondary N) is 2. The average molecular weight is 308 g/mol. The summed E-state index contributed by atoms with van der Waals surface area (Å²) in [7, 11) is 1.61. The SMILES string of the molecule is COc1ccc(-c2cc(=O)[nH]c(NCc3ccccn3)n2)cc1. The van der Waals surface area contributed by atoms with Gasteiger partial charge in [0, 0.05) is 17.8 Å². The lowest BCUT2D eigenvalue weighted by atomic mass is 10.1. The fourth-order valence-electron chi connectivity index (χ4n) is 2.13. The number of pyridine rings is 1.